The fourth-order valence-electron chi connectivity index (χ4n) is 2.01. The van der Waals surface area contributed by atoms with Crippen LogP contribution in [0.4, 0.5) is 4.39 Å². The van der Waals surface area contributed by atoms with E-state index in [4.69, 9.17) is 16.3 Å². The number of nitrogens with zero attached hydrogens (tertiary/aromatic N) is 3. The van der Waals surface area contributed by atoms with Crippen LogP contribution in [0.1, 0.15) is 18.2 Å². The lowest BCUT2D eigenvalue weighted by Crippen LogP contribution is -2.28. The van der Waals surface area contributed by atoms with Gasteiger partial charge in [0, 0.05) is 18.9 Å². The zero-order valence-electron chi connectivity index (χ0n) is 11.2. The summed E-state index contributed by atoms with van der Waals surface area (Å²) in [7, 11) is 1.57. The van der Waals surface area contributed by atoms with Gasteiger partial charge in [-0.3, -0.25) is 9.67 Å². The number of methoxy groups -OCH3 is 1. The number of ether oxygens (including phenoxy) is 1. The van der Waals surface area contributed by atoms with Gasteiger partial charge < -0.3 is 9.84 Å². The highest BCUT2D eigenvalue weighted by atomic mass is 35.5. The van der Waals surface area contributed by atoms with Gasteiger partial charge in [0.2, 0.25) is 0 Å². The minimum atomic E-state index is -1.50. The summed E-state index contributed by atoms with van der Waals surface area (Å²) in [6.45, 7) is 2.37. The molecule has 5 nitrogen and oxygen atoms in total. The van der Waals surface area contributed by atoms with Crippen LogP contribution in [-0.4, -0.2) is 33.6 Å². The topological polar surface area (TPSA) is 60.2 Å². The predicted octanol–water partition coefficient (Wildman–Crippen LogP) is 1.97. The first-order chi connectivity index (χ1) is 9.46. The molecule has 1 N–H and O–H groups in total. The lowest BCUT2D eigenvalue weighted by Gasteiger charge is -2.25. The van der Waals surface area contributed by atoms with Gasteiger partial charge in [-0.1, -0.05) is 11.6 Å². The number of hydrogen-bond acceptors (Lipinski definition) is 4. The standard InChI is InChI=1S/C13H15ClFN3O2/c1-13(19,9-5-10(15)7-16-6-9)12-11(14)8-17-18(12)3-4-20-2/h5-8,19H,3-4H2,1-2H3. The Labute approximate surface area is 121 Å². The molecule has 0 aliphatic heterocycles. The molecule has 7 heteroatoms. The summed E-state index contributed by atoms with van der Waals surface area (Å²) < 4.78 is 19.8. The van der Waals surface area contributed by atoms with Gasteiger partial charge in [-0.25, -0.2) is 4.39 Å². The third kappa shape index (κ3) is 2.82. The third-order valence-corrected chi connectivity index (χ3v) is 3.31. The van der Waals surface area contributed by atoms with Crippen LogP contribution in [0.15, 0.2) is 24.7 Å². The summed E-state index contributed by atoms with van der Waals surface area (Å²) in [5, 5.41) is 15.1. The molecule has 0 radical (unpaired) electrons. The summed E-state index contributed by atoms with van der Waals surface area (Å²) in [5.41, 5.74) is -0.821. The van der Waals surface area contributed by atoms with Crippen molar-refractivity contribution in [2.24, 2.45) is 0 Å². The van der Waals surface area contributed by atoms with E-state index in [1.54, 1.807) is 7.11 Å². The van der Waals surface area contributed by atoms with E-state index < -0.39 is 11.4 Å². The molecule has 108 valence electrons. The molecule has 0 saturated heterocycles. The maximum Gasteiger partial charge on any atom is 0.141 e. The van der Waals surface area contributed by atoms with Crippen LogP contribution in [-0.2, 0) is 16.9 Å². The number of rotatable bonds is 5. The van der Waals surface area contributed by atoms with Crippen molar-refractivity contribution in [1.82, 2.24) is 14.8 Å². The lowest BCUT2D eigenvalue weighted by molar-refractivity contribution is 0.0877. The van der Waals surface area contributed by atoms with Crippen molar-refractivity contribution >= 4 is 11.6 Å². The summed E-state index contributed by atoms with van der Waals surface area (Å²) in [6.07, 6.45) is 3.91. The quantitative estimate of drug-likeness (QED) is 0.917. The Hall–Kier alpha value is -1.50. The summed E-state index contributed by atoms with van der Waals surface area (Å²) in [6, 6.07) is 1.22. The second-order valence-corrected chi connectivity index (χ2v) is 4.93. The second kappa shape index (κ2) is 5.87. The van der Waals surface area contributed by atoms with Crippen LogP contribution in [0.2, 0.25) is 5.02 Å². The fourth-order valence-corrected chi connectivity index (χ4v) is 2.33. The minimum absolute atomic E-state index is 0.301. The number of aliphatic hydroxyl groups is 1. The van der Waals surface area contributed by atoms with E-state index >= 15 is 0 Å². The van der Waals surface area contributed by atoms with E-state index in [2.05, 4.69) is 10.1 Å². The van der Waals surface area contributed by atoms with Crippen molar-refractivity contribution in [2.45, 2.75) is 19.1 Å². The first kappa shape index (κ1) is 14.9. The van der Waals surface area contributed by atoms with Crippen molar-refractivity contribution in [3.8, 4) is 0 Å². The highest BCUT2D eigenvalue weighted by molar-refractivity contribution is 6.31. The minimum Gasteiger partial charge on any atom is -0.383 e. The van der Waals surface area contributed by atoms with E-state index in [9.17, 15) is 9.50 Å². The van der Waals surface area contributed by atoms with E-state index in [0.717, 1.165) is 6.20 Å². The molecule has 2 rings (SSSR count). The van der Waals surface area contributed by atoms with Gasteiger partial charge in [-0.15, -0.1) is 0 Å². The monoisotopic (exact) mass is 299 g/mol. The molecule has 0 aliphatic rings. The first-order valence-electron chi connectivity index (χ1n) is 6.01. The second-order valence-electron chi connectivity index (χ2n) is 4.52. The van der Waals surface area contributed by atoms with Crippen LogP contribution in [0.5, 0.6) is 0 Å². The van der Waals surface area contributed by atoms with Crippen molar-refractivity contribution < 1.29 is 14.2 Å². The van der Waals surface area contributed by atoms with E-state index in [0.29, 0.717) is 29.4 Å². The van der Waals surface area contributed by atoms with Crippen LogP contribution >= 0.6 is 11.6 Å². The highest BCUT2D eigenvalue weighted by Crippen LogP contribution is 2.33. The number of pyridine rings is 1. The molecule has 0 aliphatic carbocycles. The summed E-state index contributed by atoms with van der Waals surface area (Å²) >= 11 is 6.10. The van der Waals surface area contributed by atoms with Crippen molar-refractivity contribution in [1.29, 1.82) is 0 Å². The van der Waals surface area contributed by atoms with Gasteiger partial charge in [-0.05, 0) is 13.0 Å². The summed E-state index contributed by atoms with van der Waals surface area (Å²) in [5.74, 6) is -0.526. The molecule has 2 aromatic rings. The third-order valence-electron chi connectivity index (χ3n) is 3.03. The Kier molecular flexibility index (Phi) is 4.37. The Morgan fingerprint density at radius 2 is 2.20 bits per heavy atom. The molecule has 2 aromatic heterocycles. The summed E-state index contributed by atoms with van der Waals surface area (Å²) in [4.78, 5) is 3.75. The average molecular weight is 300 g/mol. The maximum atomic E-state index is 13.3. The van der Waals surface area contributed by atoms with Crippen molar-refractivity contribution in [3.63, 3.8) is 0 Å². The Balaban J connectivity index is 2.45. The van der Waals surface area contributed by atoms with Gasteiger partial charge in [0.15, 0.2) is 0 Å². The zero-order valence-corrected chi connectivity index (χ0v) is 11.9. The molecule has 2 heterocycles. The SMILES string of the molecule is COCCn1ncc(Cl)c1C(C)(O)c1cncc(F)c1. The van der Waals surface area contributed by atoms with Gasteiger partial charge in [-0.2, -0.15) is 5.10 Å². The lowest BCUT2D eigenvalue weighted by atomic mass is 9.93. The average Bonchev–Trinajstić information content (AvgIpc) is 2.78. The molecule has 0 bridgehead atoms. The van der Waals surface area contributed by atoms with Crippen molar-refractivity contribution in [3.05, 3.63) is 46.8 Å². The molecular weight excluding hydrogens is 285 g/mol. The molecule has 0 saturated carbocycles. The van der Waals surface area contributed by atoms with E-state index in [1.807, 2.05) is 0 Å². The van der Waals surface area contributed by atoms with E-state index in [-0.39, 0.29) is 0 Å². The Morgan fingerprint density at radius 3 is 2.85 bits per heavy atom. The fraction of sp³-hybridized carbons (Fsp3) is 0.385. The number of hydrogen-bond donors (Lipinski definition) is 1. The first-order valence-corrected chi connectivity index (χ1v) is 6.38. The smallest absolute Gasteiger partial charge is 0.141 e. The van der Waals surface area contributed by atoms with Gasteiger partial charge >= 0.3 is 0 Å². The highest BCUT2D eigenvalue weighted by Gasteiger charge is 2.33. The van der Waals surface area contributed by atoms with Gasteiger partial charge in [0.25, 0.3) is 0 Å². The van der Waals surface area contributed by atoms with Crippen LogP contribution in [0, 0.1) is 5.82 Å². The zero-order chi connectivity index (χ0) is 14.8. The van der Waals surface area contributed by atoms with Gasteiger partial charge in [0.05, 0.1) is 36.3 Å². The molecule has 0 aromatic carbocycles. The largest absolute Gasteiger partial charge is 0.383 e. The molecule has 20 heavy (non-hydrogen) atoms. The van der Waals surface area contributed by atoms with Crippen LogP contribution < -0.4 is 0 Å². The maximum absolute atomic E-state index is 13.3. The number of halogens is 2. The molecule has 1 atom stereocenters. The van der Waals surface area contributed by atoms with Crippen molar-refractivity contribution in [2.75, 3.05) is 13.7 Å². The molecule has 0 fully saturated rings. The number of aromatic nitrogens is 3. The molecule has 1 unspecified atom stereocenters. The molecule has 0 spiro atoms. The van der Waals surface area contributed by atoms with Crippen LogP contribution in [0.25, 0.3) is 0 Å². The Bertz CT molecular complexity index is 601. The van der Waals surface area contributed by atoms with Crippen LogP contribution in [0.3, 0.4) is 0 Å². The van der Waals surface area contributed by atoms with E-state index in [1.165, 1.54) is 30.1 Å². The molecule has 0 amide bonds. The predicted molar refractivity (Wildman–Crippen MR) is 72.0 cm³/mol. The normalized spacial score (nSPS) is 14.2. The van der Waals surface area contributed by atoms with Gasteiger partial charge in [0.1, 0.15) is 11.4 Å². The Morgan fingerprint density at radius 1 is 1.45 bits per heavy atom. The molecular formula is C13H15ClFN3O2.